The van der Waals surface area contributed by atoms with E-state index in [-0.39, 0.29) is 17.3 Å². The summed E-state index contributed by atoms with van der Waals surface area (Å²) in [6, 6.07) is 13.1. The van der Waals surface area contributed by atoms with Crippen molar-refractivity contribution >= 4 is 44.0 Å². The molecule has 7 nitrogen and oxygen atoms in total. The number of carbonyl (C=O) groups excluding carboxylic acids is 1. The topological polar surface area (TPSA) is 88.6 Å². The second-order valence-electron chi connectivity index (χ2n) is 6.59. The maximum Gasteiger partial charge on any atom is 0.261 e. The lowest BCUT2D eigenvalue weighted by atomic mass is 10.2. The van der Waals surface area contributed by atoms with Gasteiger partial charge in [0.05, 0.1) is 29.8 Å². The van der Waals surface area contributed by atoms with Gasteiger partial charge in [-0.25, -0.2) is 13.4 Å². The van der Waals surface area contributed by atoms with Crippen molar-refractivity contribution in [2.24, 2.45) is 0 Å². The first-order valence-electron chi connectivity index (χ1n) is 9.07. The van der Waals surface area contributed by atoms with E-state index >= 15 is 0 Å². The molecule has 1 amide bonds. The highest BCUT2D eigenvalue weighted by Crippen LogP contribution is 2.32. The number of thiazole rings is 1. The summed E-state index contributed by atoms with van der Waals surface area (Å²) >= 11 is 7.22. The van der Waals surface area contributed by atoms with Gasteiger partial charge < -0.3 is 4.74 Å². The van der Waals surface area contributed by atoms with Gasteiger partial charge in [0.15, 0.2) is 5.13 Å². The van der Waals surface area contributed by atoms with E-state index in [2.05, 4.69) is 10.3 Å². The normalized spacial score (nSPS) is 14.2. The van der Waals surface area contributed by atoms with Crippen molar-refractivity contribution in [2.75, 3.05) is 19.0 Å². The van der Waals surface area contributed by atoms with Gasteiger partial charge >= 0.3 is 0 Å². The van der Waals surface area contributed by atoms with Crippen LogP contribution in [0, 0.1) is 0 Å². The molecule has 0 unspecified atom stereocenters. The molecule has 1 aliphatic rings. The molecule has 0 radical (unpaired) electrons. The summed E-state index contributed by atoms with van der Waals surface area (Å²) < 4.78 is 32.4. The third-order valence-corrected chi connectivity index (χ3v) is 7.80. The van der Waals surface area contributed by atoms with E-state index in [0.717, 1.165) is 10.6 Å². The van der Waals surface area contributed by atoms with E-state index in [9.17, 15) is 13.2 Å². The minimum atomic E-state index is -3.58. The van der Waals surface area contributed by atoms with Gasteiger partial charge in [0, 0.05) is 22.9 Å². The van der Waals surface area contributed by atoms with E-state index in [0.29, 0.717) is 34.4 Å². The summed E-state index contributed by atoms with van der Waals surface area (Å²) in [5, 5.41) is 3.66. The van der Waals surface area contributed by atoms with Crippen molar-refractivity contribution in [3.8, 4) is 5.75 Å². The van der Waals surface area contributed by atoms with E-state index in [1.807, 2.05) is 0 Å². The molecule has 0 aliphatic carbocycles. The van der Waals surface area contributed by atoms with Crippen molar-refractivity contribution in [3.63, 3.8) is 0 Å². The number of halogens is 1. The molecule has 1 N–H and O–H groups in total. The number of rotatable bonds is 5. The number of fused-ring (bicyclic) bond motifs is 1. The minimum absolute atomic E-state index is 0.227. The van der Waals surface area contributed by atoms with Crippen LogP contribution < -0.4 is 10.1 Å². The molecule has 3 aromatic rings. The number of ether oxygens (including phenoxy) is 1. The van der Waals surface area contributed by atoms with Gasteiger partial charge in [-0.05, 0) is 30.3 Å². The van der Waals surface area contributed by atoms with Gasteiger partial charge in [-0.15, -0.1) is 11.3 Å². The molecule has 156 valence electrons. The Balaban J connectivity index is 1.53. The number of anilines is 1. The lowest BCUT2D eigenvalue weighted by Gasteiger charge is -2.25. The number of hydrogen-bond donors (Lipinski definition) is 1. The van der Waals surface area contributed by atoms with Crippen LogP contribution in [0.3, 0.4) is 0 Å². The Bertz CT molecular complexity index is 1200. The number of nitrogens with one attached hydrogen (secondary N) is 1. The lowest BCUT2D eigenvalue weighted by Crippen LogP contribution is -2.35. The van der Waals surface area contributed by atoms with Gasteiger partial charge in [-0.3, -0.25) is 10.1 Å². The van der Waals surface area contributed by atoms with Crippen molar-refractivity contribution in [1.82, 2.24) is 9.29 Å². The fourth-order valence-electron chi connectivity index (χ4n) is 3.19. The summed E-state index contributed by atoms with van der Waals surface area (Å²) in [5.74, 6) is -0.00942. The van der Waals surface area contributed by atoms with Crippen LogP contribution in [-0.4, -0.2) is 37.3 Å². The second-order valence-corrected chi connectivity index (χ2v) is 10.0. The molecule has 0 atom stereocenters. The standard InChI is InChI=1S/C20H18ClN3O4S2/c1-28-17-11-13(21)7-8-15(17)19(25)23-20-22-16-9-10-24(12-18(16)29-20)30(26,27)14-5-3-2-4-6-14/h2-8,11H,9-10,12H2,1H3,(H,22,23,25). The Hall–Kier alpha value is -2.46. The van der Waals surface area contributed by atoms with Crippen LogP contribution >= 0.6 is 22.9 Å². The number of hydrogen-bond acceptors (Lipinski definition) is 6. The second kappa shape index (κ2) is 8.35. The molecule has 2 heterocycles. The third-order valence-electron chi connectivity index (χ3n) is 4.71. The van der Waals surface area contributed by atoms with Crippen molar-refractivity contribution < 1.29 is 17.9 Å². The van der Waals surface area contributed by atoms with Crippen molar-refractivity contribution in [2.45, 2.75) is 17.9 Å². The molecule has 0 spiro atoms. The molecular formula is C20H18ClN3O4S2. The number of amides is 1. The summed E-state index contributed by atoms with van der Waals surface area (Å²) in [6.07, 6.45) is 0.484. The molecule has 0 saturated heterocycles. The highest BCUT2D eigenvalue weighted by molar-refractivity contribution is 7.89. The zero-order chi connectivity index (χ0) is 21.3. The Morgan fingerprint density at radius 1 is 1.23 bits per heavy atom. The third kappa shape index (κ3) is 4.06. The summed E-state index contributed by atoms with van der Waals surface area (Å²) in [5.41, 5.74) is 1.14. The number of methoxy groups -OCH3 is 1. The van der Waals surface area contributed by atoms with Crippen molar-refractivity contribution in [1.29, 1.82) is 0 Å². The number of carbonyl (C=O) groups is 1. The van der Waals surface area contributed by atoms with Crippen LogP contribution in [0.4, 0.5) is 5.13 Å². The highest BCUT2D eigenvalue weighted by Gasteiger charge is 2.30. The van der Waals surface area contributed by atoms with E-state index in [4.69, 9.17) is 16.3 Å². The minimum Gasteiger partial charge on any atom is -0.496 e. The predicted octanol–water partition coefficient (Wildman–Crippen LogP) is 3.80. The molecule has 1 aliphatic heterocycles. The van der Waals surface area contributed by atoms with Crippen molar-refractivity contribution in [3.05, 3.63) is 69.7 Å². The zero-order valence-corrected chi connectivity index (χ0v) is 18.4. The van der Waals surface area contributed by atoms with E-state index in [1.165, 1.54) is 22.8 Å². The molecule has 0 bridgehead atoms. The molecule has 10 heteroatoms. The van der Waals surface area contributed by atoms with Crippen LogP contribution in [0.1, 0.15) is 20.9 Å². The average Bonchev–Trinajstić information content (AvgIpc) is 3.15. The Kier molecular flexibility index (Phi) is 5.79. The van der Waals surface area contributed by atoms with Crippen LogP contribution in [-0.2, 0) is 23.0 Å². The SMILES string of the molecule is COc1cc(Cl)ccc1C(=O)Nc1nc2c(s1)CN(S(=O)(=O)c1ccccc1)CC2. The maximum atomic E-state index is 12.9. The van der Waals surface area contributed by atoms with Crippen LogP contribution in [0.5, 0.6) is 5.75 Å². The number of aromatic nitrogens is 1. The summed E-state index contributed by atoms with van der Waals surface area (Å²) in [4.78, 5) is 18.2. The molecule has 1 aromatic heterocycles. The number of sulfonamides is 1. The average molecular weight is 464 g/mol. The number of benzene rings is 2. The molecule has 30 heavy (non-hydrogen) atoms. The summed E-state index contributed by atoms with van der Waals surface area (Å²) in [6.45, 7) is 0.566. The van der Waals surface area contributed by atoms with Crippen LogP contribution in [0.25, 0.3) is 0 Å². The smallest absolute Gasteiger partial charge is 0.261 e. The lowest BCUT2D eigenvalue weighted by molar-refractivity contribution is 0.102. The zero-order valence-electron chi connectivity index (χ0n) is 16.0. The van der Waals surface area contributed by atoms with E-state index in [1.54, 1.807) is 48.5 Å². The van der Waals surface area contributed by atoms with Gasteiger partial charge in [-0.1, -0.05) is 29.8 Å². The molecular weight excluding hydrogens is 446 g/mol. The fraction of sp³-hybridized carbons (Fsp3) is 0.200. The summed E-state index contributed by atoms with van der Waals surface area (Å²) in [7, 11) is -2.11. The predicted molar refractivity (Wildman–Crippen MR) is 116 cm³/mol. The Morgan fingerprint density at radius 3 is 2.73 bits per heavy atom. The van der Waals surface area contributed by atoms with E-state index < -0.39 is 10.0 Å². The Morgan fingerprint density at radius 2 is 2.00 bits per heavy atom. The highest BCUT2D eigenvalue weighted by atomic mass is 35.5. The van der Waals surface area contributed by atoms with Gasteiger partial charge in [-0.2, -0.15) is 4.31 Å². The Labute approximate surface area is 183 Å². The van der Waals surface area contributed by atoms with Gasteiger partial charge in [0.25, 0.3) is 5.91 Å². The largest absolute Gasteiger partial charge is 0.496 e. The molecule has 0 fully saturated rings. The first-order chi connectivity index (χ1) is 14.4. The quantitative estimate of drug-likeness (QED) is 0.621. The molecule has 0 saturated carbocycles. The first-order valence-corrected chi connectivity index (χ1v) is 11.7. The van der Waals surface area contributed by atoms with Gasteiger partial charge in [0.2, 0.25) is 10.0 Å². The molecule has 4 rings (SSSR count). The fourth-order valence-corrected chi connectivity index (χ4v) is 5.88. The maximum absolute atomic E-state index is 12.9. The van der Waals surface area contributed by atoms with Crippen LogP contribution in [0.15, 0.2) is 53.4 Å². The monoisotopic (exact) mass is 463 g/mol. The molecule has 2 aromatic carbocycles. The number of nitrogens with zero attached hydrogens (tertiary/aromatic N) is 2. The van der Waals surface area contributed by atoms with Gasteiger partial charge in [0.1, 0.15) is 5.75 Å². The first kappa shape index (κ1) is 20.8. The van der Waals surface area contributed by atoms with Crippen LogP contribution in [0.2, 0.25) is 5.02 Å².